The highest BCUT2D eigenvalue weighted by Crippen LogP contribution is 2.44. The maximum atomic E-state index is 6.03. The molecule has 0 spiro atoms. The zero-order chi connectivity index (χ0) is 15.8. The Balaban J connectivity index is 1.69. The van der Waals surface area contributed by atoms with Crippen LogP contribution in [-0.2, 0) is 9.47 Å². The van der Waals surface area contributed by atoms with Crippen molar-refractivity contribution in [3.05, 3.63) is 0 Å². The summed E-state index contributed by atoms with van der Waals surface area (Å²) < 4.78 is 12.1. The molecule has 1 aliphatic carbocycles. The van der Waals surface area contributed by atoms with Crippen LogP contribution >= 0.6 is 0 Å². The first-order valence-electron chi connectivity index (χ1n) is 9.91. The Bertz CT molecular complexity index is 286. The SMILES string of the molecule is CCCCCC1CCC([C@]2(C)CO[C@H](CCCC)OC2)CC1. The van der Waals surface area contributed by atoms with Gasteiger partial charge in [0, 0.05) is 5.41 Å². The van der Waals surface area contributed by atoms with Gasteiger partial charge in [-0.3, -0.25) is 0 Å². The molecule has 2 rings (SSSR count). The lowest BCUT2D eigenvalue weighted by Gasteiger charge is -2.45. The van der Waals surface area contributed by atoms with E-state index in [1.807, 2.05) is 0 Å². The minimum absolute atomic E-state index is 0.0680. The van der Waals surface area contributed by atoms with Crippen LogP contribution in [0, 0.1) is 17.3 Å². The molecule has 0 unspecified atom stereocenters. The Morgan fingerprint density at radius 2 is 1.45 bits per heavy atom. The lowest BCUT2D eigenvalue weighted by molar-refractivity contribution is -0.241. The maximum Gasteiger partial charge on any atom is 0.157 e. The van der Waals surface area contributed by atoms with Crippen LogP contribution in [0.5, 0.6) is 0 Å². The molecule has 22 heavy (non-hydrogen) atoms. The van der Waals surface area contributed by atoms with E-state index in [1.54, 1.807) is 0 Å². The van der Waals surface area contributed by atoms with Crippen molar-refractivity contribution in [2.24, 2.45) is 17.3 Å². The largest absolute Gasteiger partial charge is 0.352 e. The Morgan fingerprint density at radius 3 is 2.05 bits per heavy atom. The van der Waals surface area contributed by atoms with Gasteiger partial charge >= 0.3 is 0 Å². The van der Waals surface area contributed by atoms with Crippen molar-refractivity contribution in [2.45, 2.75) is 97.7 Å². The summed E-state index contributed by atoms with van der Waals surface area (Å²) in [7, 11) is 0. The van der Waals surface area contributed by atoms with Crippen molar-refractivity contribution in [1.29, 1.82) is 0 Å². The Kier molecular flexibility index (Phi) is 7.70. The van der Waals surface area contributed by atoms with Crippen LogP contribution in [0.2, 0.25) is 0 Å². The predicted octanol–water partition coefficient (Wildman–Crippen LogP) is 5.94. The Labute approximate surface area is 138 Å². The van der Waals surface area contributed by atoms with Crippen molar-refractivity contribution in [2.75, 3.05) is 13.2 Å². The summed E-state index contributed by atoms with van der Waals surface area (Å²) in [6.45, 7) is 8.74. The van der Waals surface area contributed by atoms with E-state index in [0.717, 1.165) is 31.5 Å². The van der Waals surface area contributed by atoms with Gasteiger partial charge in [-0.1, -0.05) is 65.7 Å². The minimum Gasteiger partial charge on any atom is -0.352 e. The smallest absolute Gasteiger partial charge is 0.157 e. The van der Waals surface area contributed by atoms with Crippen LogP contribution in [0.25, 0.3) is 0 Å². The number of rotatable bonds is 8. The molecule has 1 heterocycles. The van der Waals surface area contributed by atoms with E-state index >= 15 is 0 Å². The summed E-state index contributed by atoms with van der Waals surface area (Å²) >= 11 is 0. The van der Waals surface area contributed by atoms with Crippen LogP contribution < -0.4 is 0 Å². The van der Waals surface area contributed by atoms with Gasteiger partial charge in [-0.05, 0) is 37.5 Å². The summed E-state index contributed by atoms with van der Waals surface area (Å²) in [5.41, 5.74) is 0.261. The summed E-state index contributed by atoms with van der Waals surface area (Å²) in [5, 5.41) is 0. The highest BCUT2D eigenvalue weighted by atomic mass is 16.7. The van der Waals surface area contributed by atoms with Crippen LogP contribution in [0.1, 0.15) is 91.4 Å². The molecule has 2 nitrogen and oxygen atoms in total. The Hall–Kier alpha value is -0.0800. The number of ether oxygens (including phenoxy) is 2. The standard InChI is InChI=1S/C20H38O2/c1-4-6-8-9-17-11-13-18(14-12-17)20(3)15-21-19(22-16-20)10-7-5-2/h17-19H,4-16H2,1-3H3/t17?,18?,19-,20+. The molecule has 2 aliphatic rings. The van der Waals surface area contributed by atoms with E-state index in [1.165, 1.54) is 64.2 Å². The molecule has 0 aromatic rings. The van der Waals surface area contributed by atoms with Gasteiger partial charge < -0.3 is 9.47 Å². The van der Waals surface area contributed by atoms with Gasteiger partial charge in [-0.15, -0.1) is 0 Å². The number of unbranched alkanes of at least 4 members (excludes halogenated alkanes) is 3. The first kappa shape index (κ1) is 18.3. The molecule has 0 aromatic carbocycles. The number of hydrogen-bond acceptors (Lipinski definition) is 2. The second-order valence-corrected chi connectivity index (χ2v) is 8.06. The molecule has 130 valence electrons. The van der Waals surface area contributed by atoms with E-state index in [-0.39, 0.29) is 11.7 Å². The van der Waals surface area contributed by atoms with Gasteiger partial charge in [0.1, 0.15) is 0 Å². The Morgan fingerprint density at radius 1 is 0.818 bits per heavy atom. The van der Waals surface area contributed by atoms with E-state index in [9.17, 15) is 0 Å². The molecule has 2 heteroatoms. The molecule has 0 aromatic heterocycles. The van der Waals surface area contributed by atoms with Crippen molar-refractivity contribution >= 4 is 0 Å². The quantitative estimate of drug-likeness (QED) is 0.516. The topological polar surface area (TPSA) is 18.5 Å². The fourth-order valence-corrected chi connectivity index (χ4v) is 4.26. The van der Waals surface area contributed by atoms with Crippen molar-refractivity contribution < 1.29 is 9.47 Å². The van der Waals surface area contributed by atoms with E-state index in [4.69, 9.17) is 9.47 Å². The van der Waals surface area contributed by atoms with Crippen LogP contribution in [-0.4, -0.2) is 19.5 Å². The van der Waals surface area contributed by atoms with E-state index in [0.29, 0.717) is 0 Å². The molecular formula is C20H38O2. The van der Waals surface area contributed by atoms with Crippen molar-refractivity contribution in [3.63, 3.8) is 0 Å². The molecule has 0 atom stereocenters. The second-order valence-electron chi connectivity index (χ2n) is 8.06. The fourth-order valence-electron chi connectivity index (χ4n) is 4.26. The third kappa shape index (κ3) is 5.23. The summed E-state index contributed by atoms with van der Waals surface area (Å²) in [6, 6.07) is 0. The van der Waals surface area contributed by atoms with E-state index in [2.05, 4.69) is 20.8 Å². The van der Waals surface area contributed by atoms with Gasteiger partial charge in [0.15, 0.2) is 6.29 Å². The molecule has 0 bridgehead atoms. The van der Waals surface area contributed by atoms with Gasteiger partial charge in [-0.2, -0.15) is 0 Å². The minimum atomic E-state index is 0.0680. The molecular weight excluding hydrogens is 272 g/mol. The first-order valence-corrected chi connectivity index (χ1v) is 9.91. The van der Waals surface area contributed by atoms with Crippen molar-refractivity contribution in [1.82, 2.24) is 0 Å². The van der Waals surface area contributed by atoms with Crippen LogP contribution in [0.15, 0.2) is 0 Å². The molecule has 2 fully saturated rings. The van der Waals surface area contributed by atoms with Crippen LogP contribution in [0.4, 0.5) is 0 Å². The zero-order valence-corrected chi connectivity index (χ0v) is 15.2. The van der Waals surface area contributed by atoms with Crippen molar-refractivity contribution in [3.8, 4) is 0 Å². The lowest BCUT2D eigenvalue weighted by Crippen LogP contribution is -2.45. The maximum absolute atomic E-state index is 6.03. The first-order chi connectivity index (χ1) is 10.7. The van der Waals surface area contributed by atoms with Gasteiger partial charge in [0.2, 0.25) is 0 Å². The zero-order valence-electron chi connectivity index (χ0n) is 15.2. The average molecular weight is 311 g/mol. The average Bonchev–Trinajstić information content (AvgIpc) is 2.55. The summed E-state index contributed by atoms with van der Waals surface area (Å²) in [5.74, 6) is 1.80. The molecule has 1 aliphatic heterocycles. The normalized spacial score (nSPS) is 36.4. The highest BCUT2D eigenvalue weighted by Gasteiger charge is 2.40. The van der Waals surface area contributed by atoms with Gasteiger partial charge in [0.25, 0.3) is 0 Å². The summed E-state index contributed by atoms with van der Waals surface area (Å²) in [6.07, 6.45) is 14.9. The van der Waals surface area contributed by atoms with Gasteiger partial charge in [0.05, 0.1) is 13.2 Å². The predicted molar refractivity (Wildman–Crippen MR) is 92.9 cm³/mol. The third-order valence-corrected chi connectivity index (χ3v) is 6.04. The van der Waals surface area contributed by atoms with Crippen LogP contribution in [0.3, 0.4) is 0 Å². The molecule has 0 N–H and O–H groups in total. The molecule has 1 saturated heterocycles. The summed E-state index contributed by atoms with van der Waals surface area (Å²) in [4.78, 5) is 0. The number of hydrogen-bond donors (Lipinski definition) is 0. The molecule has 0 amide bonds. The second kappa shape index (κ2) is 9.27. The fraction of sp³-hybridized carbons (Fsp3) is 1.00. The lowest BCUT2D eigenvalue weighted by atomic mass is 9.67. The monoisotopic (exact) mass is 310 g/mol. The highest BCUT2D eigenvalue weighted by molar-refractivity contribution is 4.88. The molecule has 1 saturated carbocycles. The third-order valence-electron chi connectivity index (χ3n) is 6.04. The van der Waals surface area contributed by atoms with Gasteiger partial charge in [-0.25, -0.2) is 0 Å². The molecule has 0 radical (unpaired) electrons. The van der Waals surface area contributed by atoms with E-state index < -0.39 is 0 Å².